The summed E-state index contributed by atoms with van der Waals surface area (Å²) in [5.41, 5.74) is 1.53. The van der Waals surface area contributed by atoms with E-state index in [2.05, 4.69) is 9.97 Å². The average molecular weight is 378 g/mol. The lowest BCUT2D eigenvalue weighted by Crippen LogP contribution is -2.55. The second-order valence-electron chi connectivity index (χ2n) is 5.65. The number of halogens is 1. The number of methoxy groups -OCH3 is 2. The fourth-order valence-electron chi connectivity index (χ4n) is 2.88. The minimum absolute atomic E-state index is 0.125. The van der Waals surface area contributed by atoms with Crippen molar-refractivity contribution in [1.29, 1.82) is 0 Å². The molecule has 2 heterocycles. The van der Waals surface area contributed by atoms with Crippen LogP contribution in [0.5, 0.6) is 11.5 Å². The second-order valence-corrected chi connectivity index (χ2v) is 5.99. The molecule has 1 aliphatic heterocycles. The van der Waals surface area contributed by atoms with E-state index in [1.165, 1.54) is 4.90 Å². The number of ether oxygens (including phenoxy) is 2. The van der Waals surface area contributed by atoms with Crippen molar-refractivity contribution in [2.75, 3.05) is 37.7 Å². The molecule has 0 bridgehead atoms. The van der Waals surface area contributed by atoms with E-state index in [0.717, 1.165) is 5.56 Å². The lowest BCUT2D eigenvalue weighted by Gasteiger charge is -2.42. The maximum atomic E-state index is 12.7. The standard InChI is InChI=1S/C17H20ClN5O3/c1-5-22-17(24)21(2)12-9-19-16(18)20-15(12)23(22)10-11-6-7-13(25-3)14(8-11)26-4/h6-9H,5,10H2,1-4H3. The van der Waals surface area contributed by atoms with Gasteiger partial charge in [0.15, 0.2) is 17.3 Å². The van der Waals surface area contributed by atoms with Gasteiger partial charge in [-0.3, -0.25) is 9.91 Å². The highest BCUT2D eigenvalue weighted by atomic mass is 35.5. The molecule has 0 unspecified atom stereocenters. The molecule has 0 radical (unpaired) electrons. The number of aromatic nitrogens is 2. The molecule has 8 nitrogen and oxygen atoms in total. The molecule has 3 rings (SSSR count). The molecule has 2 amide bonds. The van der Waals surface area contributed by atoms with Crippen molar-refractivity contribution < 1.29 is 14.3 Å². The molecule has 26 heavy (non-hydrogen) atoms. The zero-order valence-electron chi connectivity index (χ0n) is 15.1. The van der Waals surface area contributed by atoms with Crippen LogP contribution in [0.25, 0.3) is 0 Å². The number of hydrogen-bond acceptors (Lipinski definition) is 6. The second kappa shape index (κ2) is 7.25. The molecule has 0 N–H and O–H groups in total. The number of hydrogen-bond donors (Lipinski definition) is 0. The zero-order valence-corrected chi connectivity index (χ0v) is 15.8. The van der Waals surface area contributed by atoms with Gasteiger partial charge in [-0.1, -0.05) is 6.07 Å². The van der Waals surface area contributed by atoms with Crippen molar-refractivity contribution in [3.8, 4) is 11.5 Å². The predicted molar refractivity (Wildman–Crippen MR) is 99.0 cm³/mol. The highest BCUT2D eigenvalue weighted by molar-refractivity contribution is 6.28. The topological polar surface area (TPSA) is 71.0 Å². The van der Waals surface area contributed by atoms with Crippen LogP contribution in [0.3, 0.4) is 0 Å². The molecule has 0 saturated heterocycles. The third kappa shape index (κ3) is 3.08. The predicted octanol–water partition coefficient (Wildman–Crippen LogP) is 2.96. The summed E-state index contributed by atoms with van der Waals surface area (Å²) in [6, 6.07) is 5.46. The molecule has 0 saturated carbocycles. The lowest BCUT2D eigenvalue weighted by atomic mass is 10.2. The number of urea groups is 1. The summed E-state index contributed by atoms with van der Waals surface area (Å²) in [6.45, 7) is 2.80. The van der Waals surface area contributed by atoms with Crippen LogP contribution >= 0.6 is 11.6 Å². The van der Waals surface area contributed by atoms with Crippen LogP contribution in [-0.4, -0.2) is 48.8 Å². The summed E-state index contributed by atoms with van der Waals surface area (Å²) in [6.07, 6.45) is 1.55. The smallest absolute Gasteiger partial charge is 0.343 e. The molecule has 0 spiro atoms. The van der Waals surface area contributed by atoms with E-state index in [0.29, 0.717) is 36.1 Å². The summed E-state index contributed by atoms with van der Waals surface area (Å²) in [4.78, 5) is 22.6. The van der Waals surface area contributed by atoms with Gasteiger partial charge in [0, 0.05) is 13.6 Å². The number of anilines is 2. The first-order chi connectivity index (χ1) is 12.5. The number of carbonyl (C=O) groups excluding carboxylic acids is 1. The highest BCUT2D eigenvalue weighted by Crippen LogP contribution is 2.35. The van der Waals surface area contributed by atoms with Gasteiger partial charge in [0.2, 0.25) is 5.28 Å². The number of benzene rings is 1. The normalized spacial score (nSPS) is 13.7. The molecule has 138 valence electrons. The van der Waals surface area contributed by atoms with Gasteiger partial charge < -0.3 is 9.47 Å². The van der Waals surface area contributed by atoms with Crippen LogP contribution in [0.2, 0.25) is 5.28 Å². The Morgan fingerprint density at radius 1 is 1.15 bits per heavy atom. The van der Waals surface area contributed by atoms with E-state index in [-0.39, 0.29) is 11.3 Å². The highest BCUT2D eigenvalue weighted by Gasteiger charge is 2.34. The summed E-state index contributed by atoms with van der Waals surface area (Å²) < 4.78 is 10.6. The Labute approximate surface area is 156 Å². The van der Waals surface area contributed by atoms with Gasteiger partial charge in [0.25, 0.3) is 0 Å². The first-order valence-electron chi connectivity index (χ1n) is 8.06. The minimum atomic E-state index is -0.161. The minimum Gasteiger partial charge on any atom is -0.493 e. The Kier molecular flexibility index (Phi) is 5.03. The Morgan fingerprint density at radius 2 is 1.88 bits per heavy atom. The molecule has 1 aliphatic rings. The molecule has 2 aromatic rings. The third-order valence-corrected chi connectivity index (χ3v) is 4.39. The van der Waals surface area contributed by atoms with Crippen molar-refractivity contribution >= 4 is 29.1 Å². The number of hydrazine groups is 1. The van der Waals surface area contributed by atoms with Crippen LogP contribution in [0, 0.1) is 0 Å². The first kappa shape index (κ1) is 18.1. The maximum absolute atomic E-state index is 12.7. The van der Waals surface area contributed by atoms with Crippen molar-refractivity contribution in [3.63, 3.8) is 0 Å². The number of rotatable bonds is 5. The SMILES string of the molecule is CCN1C(=O)N(C)c2cnc(Cl)nc2N1Cc1ccc(OC)c(OC)c1. The Hall–Kier alpha value is -2.74. The van der Waals surface area contributed by atoms with Gasteiger partial charge in [-0.2, -0.15) is 4.98 Å². The Balaban J connectivity index is 2.03. The van der Waals surface area contributed by atoms with Gasteiger partial charge in [-0.25, -0.2) is 14.8 Å². The number of fused-ring (bicyclic) bond motifs is 1. The molecule has 1 aromatic heterocycles. The third-order valence-electron chi connectivity index (χ3n) is 4.21. The van der Waals surface area contributed by atoms with Gasteiger partial charge in [-0.05, 0) is 36.2 Å². The molecule has 0 atom stereocenters. The summed E-state index contributed by atoms with van der Waals surface area (Å²) in [5, 5.41) is 3.54. The monoisotopic (exact) mass is 377 g/mol. The first-order valence-corrected chi connectivity index (χ1v) is 8.44. The van der Waals surface area contributed by atoms with Crippen LogP contribution in [0.15, 0.2) is 24.4 Å². The number of amides is 2. The number of nitrogens with zero attached hydrogens (tertiary/aromatic N) is 5. The van der Waals surface area contributed by atoms with E-state index in [1.54, 1.807) is 37.5 Å². The van der Waals surface area contributed by atoms with E-state index in [4.69, 9.17) is 21.1 Å². The van der Waals surface area contributed by atoms with E-state index < -0.39 is 0 Å². The van der Waals surface area contributed by atoms with E-state index in [9.17, 15) is 4.79 Å². The van der Waals surface area contributed by atoms with E-state index in [1.807, 2.05) is 25.1 Å². The fraction of sp³-hybridized carbons (Fsp3) is 0.353. The van der Waals surface area contributed by atoms with Crippen LogP contribution < -0.4 is 19.4 Å². The average Bonchev–Trinajstić information content (AvgIpc) is 2.66. The van der Waals surface area contributed by atoms with Crippen LogP contribution in [0.4, 0.5) is 16.3 Å². The van der Waals surface area contributed by atoms with Crippen LogP contribution in [-0.2, 0) is 6.54 Å². The molecule has 0 fully saturated rings. The van der Waals surface area contributed by atoms with Crippen molar-refractivity contribution in [3.05, 3.63) is 35.2 Å². The molecule has 1 aromatic carbocycles. The van der Waals surface area contributed by atoms with Gasteiger partial charge >= 0.3 is 6.03 Å². The maximum Gasteiger partial charge on any atom is 0.343 e. The summed E-state index contributed by atoms with van der Waals surface area (Å²) >= 11 is 6.00. The Bertz CT molecular complexity index is 832. The largest absolute Gasteiger partial charge is 0.493 e. The van der Waals surface area contributed by atoms with Gasteiger partial charge in [0.05, 0.1) is 27.0 Å². The number of carbonyl (C=O) groups is 1. The quantitative estimate of drug-likeness (QED) is 0.746. The summed E-state index contributed by atoms with van der Waals surface area (Å²) in [7, 11) is 4.86. The van der Waals surface area contributed by atoms with Crippen LogP contribution in [0.1, 0.15) is 12.5 Å². The van der Waals surface area contributed by atoms with Gasteiger partial charge in [-0.15, -0.1) is 0 Å². The molecule has 9 heteroatoms. The zero-order chi connectivity index (χ0) is 18.8. The van der Waals surface area contributed by atoms with Gasteiger partial charge in [0.1, 0.15) is 5.69 Å². The Morgan fingerprint density at radius 3 is 2.54 bits per heavy atom. The van der Waals surface area contributed by atoms with E-state index >= 15 is 0 Å². The molecular weight excluding hydrogens is 358 g/mol. The van der Waals surface area contributed by atoms with Crippen molar-refractivity contribution in [1.82, 2.24) is 15.0 Å². The van der Waals surface area contributed by atoms with Crippen molar-refractivity contribution in [2.24, 2.45) is 0 Å². The van der Waals surface area contributed by atoms with Crippen molar-refractivity contribution in [2.45, 2.75) is 13.5 Å². The fourth-order valence-corrected chi connectivity index (χ4v) is 3.01. The summed E-state index contributed by atoms with van der Waals surface area (Å²) in [5.74, 6) is 1.84. The lowest BCUT2D eigenvalue weighted by molar-refractivity contribution is 0.198. The molecular formula is C17H20ClN5O3. The molecule has 0 aliphatic carbocycles.